The van der Waals surface area contributed by atoms with Gasteiger partial charge in [-0.3, -0.25) is 0 Å². The molecule has 0 saturated heterocycles. The van der Waals surface area contributed by atoms with Crippen LogP contribution in [-0.4, -0.2) is 18.7 Å². The van der Waals surface area contributed by atoms with E-state index in [-0.39, 0.29) is 12.2 Å². The lowest BCUT2D eigenvalue weighted by molar-refractivity contribution is 0.0215. The molecule has 0 unspecified atom stereocenters. The van der Waals surface area contributed by atoms with Crippen molar-refractivity contribution in [2.45, 2.75) is 6.92 Å². The second-order valence-electron chi connectivity index (χ2n) is 2.72. The smallest absolute Gasteiger partial charge is 0.440 e. The highest BCUT2D eigenvalue weighted by Crippen LogP contribution is 2.09. The number of carbonyl (C=O) groups excluding carboxylic acids is 2. The van der Waals surface area contributed by atoms with Gasteiger partial charge in [-0.05, 0) is 31.2 Å². The monoisotopic (exact) mass is 243 g/mol. The largest absolute Gasteiger partial charge is 0.448 e. The van der Waals surface area contributed by atoms with Crippen LogP contribution in [0.15, 0.2) is 24.3 Å². The van der Waals surface area contributed by atoms with Gasteiger partial charge in [0.15, 0.2) is 0 Å². The van der Waals surface area contributed by atoms with Crippen LogP contribution in [0.4, 0.5) is 4.79 Å². The number of hydroxylamine groups is 1. The van der Waals surface area contributed by atoms with Crippen molar-refractivity contribution in [3.05, 3.63) is 34.9 Å². The van der Waals surface area contributed by atoms with Crippen LogP contribution in [0.1, 0.15) is 17.3 Å². The first-order chi connectivity index (χ1) is 7.63. The summed E-state index contributed by atoms with van der Waals surface area (Å²) in [6.45, 7) is 1.84. The Bertz CT molecular complexity index is 377. The number of benzene rings is 1. The summed E-state index contributed by atoms with van der Waals surface area (Å²) in [7, 11) is 0. The number of hydrogen-bond acceptors (Lipinski definition) is 4. The van der Waals surface area contributed by atoms with Crippen molar-refractivity contribution in [1.29, 1.82) is 0 Å². The average Bonchev–Trinajstić information content (AvgIpc) is 2.27. The molecule has 0 fully saturated rings. The molecule has 0 atom stereocenters. The van der Waals surface area contributed by atoms with Gasteiger partial charge in [-0.2, -0.15) is 0 Å². The lowest BCUT2D eigenvalue weighted by Gasteiger charge is -2.05. The molecule has 1 aromatic carbocycles. The molecule has 16 heavy (non-hydrogen) atoms. The summed E-state index contributed by atoms with van der Waals surface area (Å²) in [6, 6.07) is 6.06. The van der Waals surface area contributed by atoms with Crippen LogP contribution in [0.2, 0.25) is 5.02 Å². The topological polar surface area (TPSA) is 64.6 Å². The molecule has 0 bridgehead atoms. The Labute approximate surface area is 97.2 Å². The first-order valence-corrected chi connectivity index (χ1v) is 4.90. The Balaban J connectivity index is 2.47. The molecule has 1 aromatic rings. The van der Waals surface area contributed by atoms with Crippen LogP contribution in [0.25, 0.3) is 0 Å². The third kappa shape index (κ3) is 3.78. The number of rotatable bonds is 2. The van der Waals surface area contributed by atoms with Crippen LogP contribution >= 0.6 is 11.6 Å². The fourth-order valence-electron chi connectivity index (χ4n) is 0.893. The molecular formula is C10H10ClNO4. The maximum absolute atomic E-state index is 11.3. The van der Waals surface area contributed by atoms with Gasteiger partial charge < -0.3 is 9.57 Å². The number of hydrogen-bond donors (Lipinski definition) is 1. The minimum absolute atomic E-state index is 0.199. The predicted octanol–water partition coefficient (Wildman–Crippen LogP) is 2.16. The lowest BCUT2D eigenvalue weighted by Crippen LogP contribution is -2.27. The summed E-state index contributed by atoms with van der Waals surface area (Å²) in [6.07, 6.45) is -0.815. The van der Waals surface area contributed by atoms with E-state index in [1.807, 2.05) is 5.48 Å². The Morgan fingerprint density at radius 2 is 1.94 bits per heavy atom. The van der Waals surface area contributed by atoms with E-state index < -0.39 is 12.1 Å². The normalized spacial score (nSPS) is 9.38. The third-order valence-corrected chi connectivity index (χ3v) is 1.83. The zero-order valence-electron chi connectivity index (χ0n) is 8.53. The highest BCUT2D eigenvalue weighted by Gasteiger charge is 2.09. The van der Waals surface area contributed by atoms with Crippen molar-refractivity contribution in [1.82, 2.24) is 5.48 Å². The van der Waals surface area contributed by atoms with Gasteiger partial charge in [0.2, 0.25) is 0 Å². The van der Waals surface area contributed by atoms with Gasteiger partial charge in [-0.1, -0.05) is 11.6 Å². The predicted molar refractivity (Wildman–Crippen MR) is 57.0 cm³/mol. The van der Waals surface area contributed by atoms with E-state index in [4.69, 9.17) is 11.6 Å². The van der Waals surface area contributed by atoms with Crippen LogP contribution in [0.5, 0.6) is 0 Å². The Morgan fingerprint density at radius 1 is 1.31 bits per heavy atom. The molecule has 0 aliphatic rings. The molecule has 1 rings (SSSR count). The zero-order chi connectivity index (χ0) is 12.0. The number of halogens is 1. The van der Waals surface area contributed by atoms with Crippen LogP contribution in [0, 0.1) is 0 Å². The number of amides is 1. The molecule has 5 nitrogen and oxygen atoms in total. The second-order valence-corrected chi connectivity index (χ2v) is 3.16. The van der Waals surface area contributed by atoms with Crippen molar-refractivity contribution in [3.8, 4) is 0 Å². The van der Waals surface area contributed by atoms with Crippen molar-refractivity contribution in [2.75, 3.05) is 6.61 Å². The van der Waals surface area contributed by atoms with Gasteiger partial charge in [-0.25, -0.2) is 9.59 Å². The van der Waals surface area contributed by atoms with E-state index >= 15 is 0 Å². The maximum Gasteiger partial charge on any atom is 0.440 e. The van der Waals surface area contributed by atoms with Gasteiger partial charge in [0.05, 0.1) is 12.2 Å². The molecule has 0 spiro atoms. The summed E-state index contributed by atoms with van der Waals surface area (Å²) in [5.74, 6) is -0.690. The highest BCUT2D eigenvalue weighted by atomic mass is 35.5. The standard InChI is InChI=1S/C10H10ClNO4/c1-2-15-10(14)12-16-9(13)7-3-5-8(11)6-4-7/h3-6H,2H2,1H3,(H,12,14). The number of nitrogens with one attached hydrogen (secondary N) is 1. The summed E-state index contributed by atoms with van der Waals surface area (Å²) in [5, 5.41) is 0.509. The van der Waals surface area contributed by atoms with Crippen molar-refractivity contribution in [2.24, 2.45) is 0 Å². The quantitative estimate of drug-likeness (QED) is 0.809. The van der Waals surface area contributed by atoms with Gasteiger partial charge in [0.1, 0.15) is 0 Å². The Hall–Kier alpha value is -1.75. The van der Waals surface area contributed by atoms with Gasteiger partial charge in [-0.15, -0.1) is 5.48 Å². The minimum atomic E-state index is -0.815. The SMILES string of the molecule is CCOC(=O)NOC(=O)c1ccc(Cl)cc1. The molecule has 1 amide bonds. The van der Waals surface area contributed by atoms with Crippen molar-refractivity contribution in [3.63, 3.8) is 0 Å². The van der Waals surface area contributed by atoms with Gasteiger partial charge >= 0.3 is 12.1 Å². The first kappa shape index (κ1) is 12.3. The molecule has 0 saturated carbocycles. The fraction of sp³-hybridized carbons (Fsp3) is 0.200. The molecule has 86 valence electrons. The fourth-order valence-corrected chi connectivity index (χ4v) is 1.02. The average molecular weight is 244 g/mol. The van der Waals surface area contributed by atoms with E-state index in [1.165, 1.54) is 12.1 Å². The Kier molecular flexibility index (Phi) is 4.60. The van der Waals surface area contributed by atoms with Crippen molar-refractivity contribution >= 4 is 23.7 Å². The summed E-state index contributed by atoms with van der Waals surface area (Å²) in [5.41, 5.74) is 2.13. The summed E-state index contributed by atoms with van der Waals surface area (Å²) < 4.78 is 4.50. The second kappa shape index (κ2) is 5.97. The van der Waals surface area contributed by atoms with E-state index in [2.05, 4.69) is 9.57 Å². The maximum atomic E-state index is 11.3. The van der Waals surface area contributed by atoms with E-state index in [0.717, 1.165) is 0 Å². The molecule has 0 aliphatic heterocycles. The van der Waals surface area contributed by atoms with E-state index in [0.29, 0.717) is 5.02 Å². The Morgan fingerprint density at radius 3 is 2.50 bits per heavy atom. The van der Waals surface area contributed by atoms with Crippen LogP contribution in [-0.2, 0) is 9.57 Å². The van der Waals surface area contributed by atoms with E-state index in [9.17, 15) is 9.59 Å². The van der Waals surface area contributed by atoms with Crippen LogP contribution in [0.3, 0.4) is 0 Å². The molecule has 0 aromatic heterocycles. The lowest BCUT2D eigenvalue weighted by atomic mass is 10.2. The van der Waals surface area contributed by atoms with E-state index in [1.54, 1.807) is 19.1 Å². The first-order valence-electron chi connectivity index (χ1n) is 4.53. The summed E-state index contributed by atoms with van der Waals surface area (Å²) >= 11 is 5.64. The molecule has 0 heterocycles. The van der Waals surface area contributed by atoms with Gasteiger partial charge in [0, 0.05) is 5.02 Å². The number of ether oxygens (including phenoxy) is 1. The summed E-state index contributed by atoms with van der Waals surface area (Å²) in [4.78, 5) is 26.6. The zero-order valence-corrected chi connectivity index (χ0v) is 9.28. The highest BCUT2D eigenvalue weighted by molar-refractivity contribution is 6.30. The molecule has 0 aliphatic carbocycles. The van der Waals surface area contributed by atoms with Crippen molar-refractivity contribution < 1.29 is 19.2 Å². The molecule has 6 heteroatoms. The number of carbonyl (C=O) groups is 2. The van der Waals surface area contributed by atoms with Crippen LogP contribution < -0.4 is 5.48 Å². The minimum Gasteiger partial charge on any atom is -0.448 e. The third-order valence-electron chi connectivity index (χ3n) is 1.58. The van der Waals surface area contributed by atoms with Gasteiger partial charge in [0.25, 0.3) is 0 Å². The molecule has 1 N–H and O–H groups in total. The molecule has 0 radical (unpaired) electrons. The molecular weight excluding hydrogens is 234 g/mol.